The number of aromatic nitrogens is 2. The second-order valence-corrected chi connectivity index (χ2v) is 6.26. The van der Waals surface area contributed by atoms with E-state index in [-0.39, 0.29) is 5.91 Å². The molecule has 3 aromatic rings. The molecule has 0 saturated heterocycles. The predicted octanol–water partition coefficient (Wildman–Crippen LogP) is 3.90. The number of ether oxygens (including phenoxy) is 2. The maximum Gasteiger partial charge on any atom is 0.272 e. The fourth-order valence-corrected chi connectivity index (χ4v) is 2.86. The summed E-state index contributed by atoms with van der Waals surface area (Å²) in [5.41, 5.74) is 2.03. The van der Waals surface area contributed by atoms with Crippen molar-refractivity contribution in [1.29, 1.82) is 0 Å². The number of carbonyl (C=O) groups is 1. The van der Waals surface area contributed by atoms with E-state index in [9.17, 15) is 4.79 Å². The van der Waals surface area contributed by atoms with Gasteiger partial charge in [0.2, 0.25) is 5.95 Å². The van der Waals surface area contributed by atoms with E-state index in [1.165, 1.54) is 0 Å². The summed E-state index contributed by atoms with van der Waals surface area (Å²) in [4.78, 5) is 23.3. The molecule has 0 aliphatic heterocycles. The number of anilines is 2. The molecule has 0 fully saturated rings. The standard InChI is InChI=1S/C22H24N4O3/c1-4-26(15-16-8-6-5-7-9-16)21(27)18-12-13-23-22(24-18)25-19-14-17(28-2)10-11-20(19)29-3/h5-14H,4,15H2,1-3H3,(H,23,24,25). The van der Waals surface area contributed by atoms with E-state index in [1.807, 2.05) is 37.3 Å². The van der Waals surface area contributed by atoms with Crippen LogP contribution in [0.4, 0.5) is 11.6 Å². The second kappa shape index (κ2) is 9.54. The van der Waals surface area contributed by atoms with E-state index in [4.69, 9.17) is 9.47 Å². The van der Waals surface area contributed by atoms with Crippen molar-refractivity contribution in [2.24, 2.45) is 0 Å². The molecule has 0 unspecified atom stereocenters. The van der Waals surface area contributed by atoms with Gasteiger partial charge in [-0.2, -0.15) is 0 Å². The van der Waals surface area contributed by atoms with Crippen LogP contribution >= 0.6 is 0 Å². The average Bonchev–Trinajstić information content (AvgIpc) is 2.77. The molecule has 7 nitrogen and oxygen atoms in total. The summed E-state index contributed by atoms with van der Waals surface area (Å²) >= 11 is 0. The highest BCUT2D eigenvalue weighted by Crippen LogP contribution is 2.30. The molecule has 0 radical (unpaired) electrons. The van der Waals surface area contributed by atoms with Gasteiger partial charge < -0.3 is 19.7 Å². The highest BCUT2D eigenvalue weighted by atomic mass is 16.5. The SMILES string of the molecule is CCN(Cc1ccccc1)C(=O)c1ccnc(Nc2cc(OC)ccc2OC)n1. The first-order chi connectivity index (χ1) is 14.1. The van der Waals surface area contributed by atoms with Gasteiger partial charge in [-0.1, -0.05) is 30.3 Å². The first-order valence-corrected chi connectivity index (χ1v) is 9.30. The summed E-state index contributed by atoms with van der Waals surface area (Å²) in [5.74, 6) is 1.43. The molecule has 0 atom stereocenters. The third-order valence-corrected chi connectivity index (χ3v) is 4.41. The monoisotopic (exact) mass is 392 g/mol. The van der Waals surface area contributed by atoms with Crippen LogP contribution in [-0.4, -0.2) is 41.5 Å². The molecule has 0 spiro atoms. The minimum Gasteiger partial charge on any atom is -0.497 e. The Labute approximate surface area is 170 Å². The molecule has 0 bridgehead atoms. The highest BCUT2D eigenvalue weighted by Gasteiger charge is 2.17. The maximum atomic E-state index is 13.0. The van der Waals surface area contributed by atoms with E-state index in [1.54, 1.807) is 49.6 Å². The van der Waals surface area contributed by atoms with E-state index in [0.29, 0.717) is 41.9 Å². The van der Waals surface area contributed by atoms with E-state index in [2.05, 4.69) is 15.3 Å². The van der Waals surface area contributed by atoms with Crippen LogP contribution in [0.2, 0.25) is 0 Å². The van der Waals surface area contributed by atoms with Gasteiger partial charge in [0.1, 0.15) is 17.2 Å². The first kappa shape index (κ1) is 20.1. The third kappa shape index (κ3) is 5.01. The summed E-state index contributed by atoms with van der Waals surface area (Å²) in [6.45, 7) is 3.04. The van der Waals surface area contributed by atoms with Gasteiger partial charge in [-0.15, -0.1) is 0 Å². The maximum absolute atomic E-state index is 13.0. The molecule has 1 amide bonds. The van der Waals surface area contributed by atoms with E-state index < -0.39 is 0 Å². The highest BCUT2D eigenvalue weighted by molar-refractivity contribution is 5.92. The summed E-state index contributed by atoms with van der Waals surface area (Å²) in [7, 11) is 3.17. The molecule has 7 heteroatoms. The minimum absolute atomic E-state index is 0.153. The van der Waals surface area contributed by atoms with Gasteiger partial charge in [-0.05, 0) is 30.7 Å². The van der Waals surface area contributed by atoms with Gasteiger partial charge in [0.25, 0.3) is 5.91 Å². The lowest BCUT2D eigenvalue weighted by atomic mass is 10.2. The number of amides is 1. The lowest BCUT2D eigenvalue weighted by Gasteiger charge is -2.20. The van der Waals surface area contributed by atoms with Gasteiger partial charge in [0.15, 0.2) is 0 Å². The molecule has 0 aliphatic carbocycles. The molecule has 150 valence electrons. The predicted molar refractivity (Wildman–Crippen MR) is 112 cm³/mol. The van der Waals surface area contributed by atoms with Crippen molar-refractivity contribution in [3.63, 3.8) is 0 Å². The molecule has 0 aliphatic rings. The Hall–Kier alpha value is -3.61. The molecular formula is C22H24N4O3. The van der Waals surface area contributed by atoms with Gasteiger partial charge in [0, 0.05) is 25.4 Å². The van der Waals surface area contributed by atoms with Gasteiger partial charge in [0.05, 0.1) is 19.9 Å². The van der Waals surface area contributed by atoms with Crippen molar-refractivity contribution in [1.82, 2.24) is 14.9 Å². The molecule has 1 heterocycles. The summed E-state index contributed by atoms with van der Waals surface area (Å²) in [5, 5.41) is 3.10. The largest absolute Gasteiger partial charge is 0.497 e. The van der Waals surface area contributed by atoms with Gasteiger partial charge in [-0.25, -0.2) is 9.97 Å². The van der Waals surface area contributed by atoms with Crippen LogP contribution < -0.4 is 14.8 Å². The zero-order chi connectivity index (χ0) is 20.6. The number of methoxy groups -OCH3 is 2. The van der Waals surface area contributed by atoms with Crippen LogP contribution in [0.15, 0.2) is 60.8 Å². The van der Waals surface area contributed by atoms with Crippen LogP contribution in [0.5, 0.6) is 11.5 Å². The smallest absolute Gasteiger partial charge is 0.272 e. The molecule has 29 heavy (non-hydrogen) atoms. The lowest BCUT2D eigenvalue weighted by Crippen LogP contribution is -2.31. The van der Waals surface area contributed by atoms with Gasteiger partial charge in [-0.3, -0.25) is 4.79 Å². The number of hydrogen-bond donors (Lipinski definition) is 1. The normalized spacial score (nSPS) is 10.3. The third-order valence-electron chi connectivity index (χ3n) is 4.41. The fourth-order valence-electron chi connectivity index (χ4n) is 2.86. The Morgan fingerprint density at radius 1 is 1.07 bits per heavy atom. The van der Waals surface area contributed by atoms with Crippen LogP contribution in [-0.2, 0) is 6.54 Å². The Kier molecular flexibility index (Phi) is 6.63. The summed E-state index contributed by atoms with van der Waals surface area (Å²) in [6.07, 6.45) is 1.56. The van der Waals surface area contributed by atoms with Crippen LogP contribution in [0.3, 0.4) is 0 Å². The Morgan fingerprint density at radius 3 is 2.55 bits per heavy atom. The molecule has 2 aromatic carbocycles. The van der Waals surface area contributed by atoms with Crippen molar-refractivity contribution >= 4 is 17.5 Å². The Balaban J connectivity index is 1.81. The molecule has 0 saturated carbocycles. The number of carbonyl (C=O) groups excluding carboxylic acids is 1. The zero-order valence-corrected chi connectivity index (χ0v) is 16.8. The molecular weight excluding hydrogens is 368 g/mol. The average molecular weight is 392 g/mol. The summed E-state index contributed by atoms with van der Waals surface area (Å²) < 4.78 is 10.6. The number of benzene rings is 2. The van der Waals surface area contributed by atoms with Crippen molar-refractivity contribution in [2.45, 2.75) is 13.5 Å². The summed E-state index contributed by atoms with van der Waals surface area (Å²) in [6, 6.07) is 16.9. The van der Waals surface area contributed by atoms with Gasteiger partial charge >= 0.3 is 0 Å². The number of hydrogen-bond acceptors (Lipinski definition) is 6. The Bertz CT molecular complexity index is 963. The molecule has 1 N–H and O–H groups in total. The fraction of sp³-hybridized carbons (Fsp3) is 0.227. The molecule has 1 aromatic heterocycles. The lowest BCUT2D eigenvalue weighted by molar-refractivity contribution is 0.0746. The van der Waals surface area contributed by atoms with E-state index >= 15 is 0 Å². The van der Waals surface area contributed by atoms with Crippen LogP contribution in [0, 0.1) is 0 Å². The zero-order valence-electron chi connectivity index (χ0n) is 16.8. The van der Waals surface area contributed by atoms with E-state index in [0.717, 1.165) is 5.56 Å². The van der Waals surface area contributed by atoms with Crippen LogP contribution in [0.1, 0.15) is 23.0 Å². The number of nitrogens with zero attached hydrogens (tertiary/aromatic N) is 3. The van der Waals surface area contributed by atoms with Crippen LogP contribution in [0.25, 0.3) is 0 Å². The quantitative estimate of drug-likeness (QED) is 0.627. The first-order valence-electron chi connectivity index (χ1n) is 9.30. The molecule has 3 rings (SSSR count). The minimum atomic E-state index is -0.153. The number of rotatable bonds is 8. The van der Waals surface area contributed by atoms with Crippen molar-refractivity contribution in [3.05, 3.63) is 72.1 Å². The van der Waals surface area contributed by atoms with Crippen molar-refractivity contribution < 1.29 is 14.3 Å². The number of nitrogens with one attached hydrogen (secondary N) is 1. The topological polar surface area (TPSA) is 76.6 Å². The van der Waals surface area contributed by atoms with Crippen molar-refractivity contribution in [3.8, 4) is 11.5 Å². The second-order valence-electron chi connectivity index (χ2n) is 6.26. The van der Waals surface area contributed by atoms with Crippen molar-refractivity contribution in [2.75, 3.05) is 26.1 Å². The Morgan fingerprint density at radius 2 is 1.86 bits per heavy atom.